The molecular weight excluding hydrogens is 504 g/mol. The number of pyridine rings is 1. The Labute approximate surface area is 231 Å². The Kier molecular flexibility index (Phi) is 6.72. The summed E-state index contributed by atoms with van der Waals surface area (Å²) in [5.74, 6) is -1.56. The van der Waals surface area contributed by atoms with Crippen LogP contribution < -0.4 is 4.90 Å². The predicted molar refractivity (Wildman–Crippen MR) is 151 cm³/mol. The monoisotopic (exact) mass is 532 g/mol. The van der Waals surface area contributed by atoms with Crippen LogP contribution in [0.15, 0.2) is 78.9 Å². The standard InChI is InChI=1S/C33H28N2O5/c1-20-11-16-28-26(17-20)27(33(39)40-19-30(36)22-7-3-2-4-8-22)18-29(34-28)21-12-14-23(15-13-21)35-31(37)24-9-5-6-10-25(24)32(35)38/h2-4,7-8,11-18,24-25H,5-6,9-10,19H2,1H3/t24-,25-/m1/s1. The van der Waals surface area contributed by atoms with Crippen molar-refractivity contribution in [3.63, 3.8) is 0 Å². The fraction of sp³-hybridized carbons (Fsp3) is 0.242. The van der Waals surface area contributed by atoms with Crippen LogP contribution in [-0.2, 0) is 14.3 Å². The zero-order chi connectivity index (χ0) is 27.8. The summed E-state index contributed by atoms with van der Waals surface area (Å²) in [6.07, 6.45) is 3.48. The quantitative estimate of drug-likeness (QED) is 0.174. The highest BCUT2D eigenvalue weighted by molar-refractivity contribution is 6.22. The summed E-state index contributed by atoms with van der Waals surface area (Å²) in [7, 11) is 0. The van der Waals surface area contributed by atoms with Crippen molar-refractivity contribution in [2.45, 2.75) is 32.6 Å². The fourth-order valence-corrected chi connectivity index (χ4v) is 5.77. The van der Waals surface area contributed by atoms with E-state index < -0.39 is 5.97 Å². The van der Waals surface area contributed by atoms with Gasteiger partial charge in [0.2, 0.25) is 11.8 Å². The van der Waals surface area contributed by atoms with Crippen LogP contribution in [-0.4, -0.2) is 35.2 Å². The van der Waals surface area contributed by atoms with Crippen LogP contribution >= 0.6 is 0 Å². The van der Waals surface area contributed by atoms with E-state index >= 15 is 0 Å². The number of nitrogens with zero attached hydrogens (tertiary/aromatic N) is 2. The van der Waals surface area contributed by atoms with Crippen molar-refractivity contribution in [1.82, 2.24) is 4.98 Å². The van der Waals surface area contributed by atoms with E-state index in [1.807, 2.05) is 31.2 Å². The number of carbonyl (C=O) groups excluding carboxylic acids is 4. The van der Waals surface area contributed by atoms with Crippen molar-refractivity contribution in [3.05, 3.63) is 95.6 Å². The molecule has 2 amide bonds. The highest BCUT2D eigenvalue weighted by Gasteiger charge is 2.48. The third-order valence-corrected chi connectivity index (χ3v) is 7.88. The molecule has 0 radical (unpaired) electrons. The van der Waals surface area contributed by atoms with Crippen LogP contribution in [0, 0.1) is 18.8 Å². The molecule has 2 aliphatic rings. The molecule has 0 unspecified atom stereocenters. The minimum Gasteiger partial charge on any atom is -0.454 e. The maximum Gasteiger partial charge on any atom is 0.339 e. The Morgan fingerprint density at radius 1 is 0.875 bits per heavy atom. The zero-order valence-corrected chi connectivity index (χ0v) is 22.1. The molecule has 1 aliphatic heterocycles. The third-order valence-electron chi connectivity index (χ3n) is 7.88. The van der Waals surface area contributed by atoms with Gasteiger partial charge in [0.25, 0.3) is 0 Å². The van der Waals surface area contributed by atoms with Gasteiger partial charge in [0.15, 0.2) is 12.4 Å². The number of aromatic nitrogens is 1. The Balaban J connectivity index is 1.29. The van der Waals surface area contributed by atoms with E-state index in [9.17, 15) is 19.2 Å². The number of hydrogen-bond acceptors (Lipinski definition) is 6. The van der Waals surface area contributed by atoms with Gasteiger partial charge in [-0.2, -0.15) is 0 Å². The second kappa shape index (κ2) is 10.5. The molecule has 1 saturated carbocycles. The van der Waals surface area contributed by atoms with Gasteiger partial charge < -0.3 is 4.74 Å². The Bertz CT molecular complexity index is 1620. The van der Waals surface area contributed by atoms with E-state index in [0.717, 1.165) is 36.8 Å². The van der Waals surface area contributed by atoms with Gasteiger partial charge in [-0.3, -0.25) is 19.3 Å². The fourth-order valence-electron chi connectivity index (χ4n) is 5.77. The molecule has 1 aliphatic carbocycles. The first kappa shape index (κ1) is 25.6. The number of anilines is 1. The van der Waals surface area contributed by atoms with E-state index in [1.54, 1.807) is 54.6 Å². The molecule has 0 N–H and O–H groups in total. The predicted octanol–water partition coefficient (Wildman–Crippen LogP) is 5.93. The smallest absolute Gasteiger partial charge is 0.339 e. The number of amides is 2. The van der Waals surface area contributed by atoms with Gasteiger partial charge in [-0.1, -0.05) is 66.9 Å². The van der Waals surface area contributed by atoms with Crippen LogP contribution in [0.2, 0.25) is 0 Å². The molecule has 1 aromatic heterocycles. The number of benzene rings is 3. The highest BCUT2D eigenvalue weighted by atomic mass is 16.5. The maximum atomic E-state index is 13.2. The first-order valence-electron chi connectivity index (χ1n) is 13.6. The SMILES string of the molecule is Cc1ccc2nc(-c3ccc(N4C(=O)[C@@H]5CCCC[C@H]5C4=O)cc3)cc(C(=O)OCC(=O)c3ccccc3)c2c1. The van der Waals surface area contributed by atoms with Crippen LogP contribution in [0.5, 0.6) is 0 Å². The highest BCUT2D eigenvalue weighted by Crippen LogP contribution is 2.40. The molecule has 7 nitrogen and oxygen atoms in total. The molecule has 7 heteroatoms. The number of ketones is 1. The van der Waals surface area contributed by atoms with Crippen molar-refractivity contribution in [1.29, 1.82) is 0 Å². The number of esters is 1. The second-order valence-electron chi connectivity index (χ2n) is 10.5. The van der Waals surface area contributed by atoms with Gasteiger partial charge in [0.1, 0.15) is 0 Å². The van der Waals surface area contributed by atoms with E-state index in [1.165, 1.54) is 4.90 Å². The van der Waals surface area contributed by atoms with E-state index in [0.29, 0.717) is 33.4 Å². The molecular formula is C33H28N2O5. The van der Waals surface area contributed by atoms with Gasteiger partial charge in [-0.25, -0.2) is 9.78 Å². The molecule has 200 valence electrons. The number of fused-ring (bicyclic) bond motifs is 2. The van der Waals surface area contributed by atoms with E-state index in [4.69, 9.17) is 9.72 Å². The van der Waals surface area contributed by atoms with Gasteiger partial charge in [-0.15, -0.1) is 0 Å². The largest absolute Gasteiger partial charge is 0.454 e. The van der Waals surface area contributed by atoms with Crippen LogP contribution in [0.1, 0.15) is 52.0 Å². The number of ether oxygens (including phenoxy) is 1. The molecule has 0 spiro atoms. The molecule has 2 atom stereocenters. The molecule has 3 aromatic carbocycles. The van der Waals surface area contributed by atoms with Gasteiger partial charge in [-0.05, 0) is 50.1 Å². The summed E-state index contributed by atoms with van der Waals surface area (Å²) in [5.41, 5.74) is 4.16. The van der Waals surface area contributed by atoms with Crippen molar-refractivity contribution in [3.8, 4) is 11.3 Å². The minimum absolute atomic E-state index is 0.114. The lowest BCUT2D eigenvalue weighted by Gasteiger charge is -2.19. The summed E-state index contributed by atoms with van der Waals surface area (Å²) in [5, 5.41) is 0.633. The van der Waals surface area contributed by atoms with Crippen molar-refractivity contribution in [2.75, 3.05) is 11.5 Å². The number of Topliss-reactive ketones (excluding diaryl/α,β-unsaturated/α-hetero) is 1. The minimum atomic E-state index is -0.615. The maximum absolute atomic E-state index is 13.2. The summed E-state index contributed by atoms with van der Waals surface area (Å²) < 4.78 is 5.44. The molecule has 0 bridgehead atoms. The lowest BCUT2D eigenvalue weighted by atomic mass is 9.81. The second-order valence-corrected chi connectivity index (χ2v) is 10.5. The number of rotatable bonds is 6. The Morgan fingerprint density at radius 3 is 2.23 bits per heavy atom. The van der Waals surface area contributed by atoms with Gasteiger partial charge in [0.05, 0.1) is 34.3 Å². The number of imide groups is 1. The van der Waals surface area contributed by atoms with Crippen LogP contribution in [0.25, 0.3) is 22.2 Å². The van der Waals surface area contributed by atoms with Crippen LogP contribution in [0.4, 0.5) is 5.69 Å². The number of aryl methyl sites for hydroxylation is 1. The first-order chi connectivity index (χ1) is 19.4. The van der Waals surface area contributed by atoms with Crippen molar-refractivity contribution in [2.24, 2.45) is 11.8 Å². The Hall–Kier alpha value is -4.65. The molecule has 2 fully saturated rings. The summed E-state index contributed by atoms with van der Waals surface area (Å²) in [4.78, 5) is 57.9. The normalized spacial score (nSPS) is 18.6. The average Bonchev–Trinajstić information content (AvgIpc) is 3.25. The third kappa shape index (κ3) is 4.68. The Morgan fingerprint density at radius 2 is 1.55 bits per heavy atom. The lowest BCUT2D eigenvalue weighted by molar-refractivity contribution is -0.122. The summed E-state index contributed by atoms with van der Waals surface area (Å²) >= 11 is 0. The number of carbonyl (C=O) groups is 4. The summed E-state index contributed by atoms with van der Waals surface area (Å²) in [6, 6.07) is 23.1. The van der Waals surface area contributed by atoms with Gasteiger partial charge >= 0.3 is 5.97 Å². The lowest BCUT2D eigenvalue weighted by Crippen LogP contribution is -2.30. The molecule has 6 rings (SSSR count). The first-order valence-corrected chi connectivity index (χ1v) is 13.6. The van der Waals surface area contributed by atoms with E-state index in [-0.39, 0.29) is 36.0 Å². The average molecular weight is 533 g/mol. The topological polar surface area (TPSA) is 93.6 Å². The van der Waals surface area contributed by atoms with Crippen LogP contribution in [0.3, 0.4) is 0 Å². The zero-order valence-electron chi connectivity index (χ0n) is 22.1. The molecule has 4 aromatic rings. The number of hydrogen-bond donors (Lipinski definition) is 0. The van der Waals surface area contributed by atoms with Crippen molar-refractivity contribution < 1.29 is 23.9 Å². The molecule has 2 heterocycles. The van der Waals surface area contributed by atoms with Crippen molar-refractivity contribution >= 4 is 40.2 Å². The van der Waals surface area contributed by atoms with E-state index in [2.05, 4.69) is 0 Å². The molecule has 40 heavy (non-hydrogen) atoms. The molecule has 1 saturated heterocycles. The van der Waals surface area contributed by atoms with Gasteiger partial charge in [0, 0.05) is 16.5 Å². The summed E-state index contributed by atoms with van der Waals surface area (Å²) in [6.45, 7) is 1.56.